The van der Waals surface area contributed by atoms with E-state index in [2.05, 4.69) is 10.3 Å². The number of halogens is 2. The maximum Gasteiger partial charge on any atom is 0.266 e. The van der Waals surface area contributed by atoms with Gasteiger partial charge < -0.3 is 5.32 Å². The molecule has 3 rings (SSSR count). The predicted molar refractivity (Wildman–Crippen MR) is 93.9 cm³/mol. The molecule has 0 aliphatic heterocycles. The maximum atomic E-state index is 12.3. The minimum atomic E-state index is -0.576. The van der Waals surface area contributed by atoms with E-state index in [-0.39, 0.29) is 10.7 Å². The van der Waals surface area contributed by atoms with Gasteiger partial charge in [0.25, 0.3) is 5.91 Å². The minimum Gasteiger partial charge on any atom is -0.320 e. The molecule has 0 spiro atoms. The average Bonchev–Trinajstić information content (AvgIpc) is 2.90. The molecule has 0 bridgehead atoms. The SMILES string of the molecule is N#C/C(=C\c1c(Cl)nc2ccccn12)C(=O)Nc1ccccc1Cl. The molecule has 0 saturated carbocycles. The molecule has 1 amide bonds. The molecule has 0 fully saturated rings. The van der Waals surface area contributed by atoms with Crippen LogP contribution in [-0.2, 0) is 4.79 Å². The van der Waals surface area contributed by atoms with Gasteiger partial charge in [-0.25, -0.2) is 4.98 Å². The Morgan fingerprint density at radius 1 is 1.21 bits per heavy atom. The lowest BCUT2D eigenvalue weighted by molar-refractivity contribution is -0.112. The number of carbonyl (C=O) groups is 1. The number of nitriles is 1. The summed E-state index contributed by atoms with van der Waals surface area (Å²) in [5.41, 5.74) is 1.40. The van der Waals surface area contributed by atoms with E-state index in [0.717, 1.165) is 0 Å². The van der Waals surface area contributed by atoms with Crippen molar-refractivity contribution in [1.29, 1.82) is 5.26 Å². The first-order valence-corrected chi connectivity index (χ1v) is 7.66. The smallest absolute Gasteiger partial charge is 0.266 e. The van der Waals surface area contributed by atoms with E-state index in [4.69, 9.17) is 23.2 Å². The second kappa shape index (κ2) is 6.75. The number of pyridine rings is 1. The summed E-state index contributed by atoms with van der Waals surface area (Å²) in [4.78, 5) is 16.5. The number of amides is 1. The number of nitrogens with zero attached hydrogens (tertiary/aromatic N) is 3. The van der Waals surface area contributed by atoms with Gasteiger partial charge in [0.2, 0.25) is 0 Å². The van der Waals surface area contributed by atoms with E-state index in [1.807, 2.05) is 12.1 Å². The summed E-state index contributed by atoms with van der Waals surface area (Å²) in [6.07, 6.45) is 3.15. The molecular formula is C17H10Cl2N4O. The van der Waals surface area contributed by atoms with Crippen molar-refractivity contribution in [1.82, 2.24) is 9.38 Å². The van der Waals surface area contributed by atoms with Crippen molar-refractivity contribution in [3.63, 3.8) is 0 Å². The van der Waals surface area contributed by atoms with Crippen LogP contribution in [0.3, 0.4) is 0 Å². The second-order valence-electron chi connectivity index (χ2n) is 4.82. The van der Waals surface area contributed by atoms with Crippen LogP contribution in [0, 0.1) is 11.3 Å². The van der Waals surface area contributed by atoms with E-state index in [1.165, 1.54) is 6.08 Å². The van der Waals surface area contributed by atoms with Crippen molar-refractivity contribution in [2.24, 2.45) is 0 Å². The Morgan fingerprint density at radius 3 is 2.71 bits per heavy atom. The highest BCUT2D eigenvalue weighted by Gasteiger charge is 2.14. The fourth-order valence-corrected chi connectivity index (χ4v) is 2.57. The Labute approximate surface area is 147 Å². The summed E-state index contributed by atoms with van der Waals surface area (Å²) >= 11 is 12.1. The Hall–Kier alpha value is -2.81. The molecule has 0 unspecified atom stereocenters. The number of carbonyl (C=O) groups excluding carboxylic acids is 1. The van der Waals surface area contributed by atoms with Crippen molar-refractivity contribution in [3.8, 4) is 6.07 Å². The van der Waals surface area contributed by atoms with Gasteiger partial charge in [0.15, 0.2) is 5.15 Å². The van der Waals surface area contributed by atoms with Gasteiger partial charge in [0.05, 0.1) is 16.4 Å². The average molecular weight is 357 g/mol. The highest BCUT2D eigenvalue weighted by Crippen LogP contribution is 2.23. The van der Waals surface area contributed by atoms with Crippen molar-refractivity contribution in [3.05, 3.63) is 70.1 Å². The van der Waals surface area contributed by atoms with Gasteiger partial charge in [0, 0.05) is 6.20 Å². The zero-order valence-electron chi connectivity index (χ0n) is 12.2. The molecule has 0 saturated heterocycles. The molecule has 2 heterocycles. The molecule has 24 heavy (non-hydrogen) atoms. The molecular weight excluding hydrogens is 347 g/mol. The number of anilines is 1. The van der Waals surface area contributed by atoms with Gasteiger partial charge in [-0.05, 0) is 30.3 Å². The Morgan fingerprint density at radius 2 is 1.96 bits per heavy atom. The first kappa shape index (κ1) is 16.1. The third kappa shape index (κ3) is 3.11. The summed E-state index contributed by atoms with van der Waals surface area (Å²) in [5.74, 6) is -0.576. The van der Waals surface area contributed by atoms with E-state index in [1.54, 1.807) is 47.0 Å². The first-order valence-electron chi connectivity index (χ1n) is 6.90. The fraction of sp³-hybridized carbons (Fsp3) is 0. The van der Waals surface area contributed by atoms with E-state index >= 15 is 0 Å². The summed E-state index contributed by atoms with van der Waals surface area (Å²) in [5, 5.41) is 12.5. The van der Waals surface area contributed by atoms with Gasteiger partial charge in [-0.1, -0.05) is 41.4 Å². The number of aromatic nitrogens is 2. The predicted octanol–water partition coefficient (Wildman–Crippen LogP) is 4.19. The number of para-hydroxylation sites is 1. The third-order valence-corrected chi connectivity index (χ3v) is 3.90. The lowest BCUT2D eigenvalue weighted by Gasteiger charge is -2.06. The zero-order chi connectivity index (χ0) is 17.1. The van der Waals surface area contributed by atoms with E-state index < -0.39 is 5.91 Å². The molecule has 1 N–H and O–H groups in total. The van der Waals surface area contributed by atoms with Crippen molar-refractivity contribution < 1.29 is 4.79 Å². The van der Waals surface area contributed by atoms with Gasteiger partial charge in [-0.2, -0.15) is 5.26 Å². The Balaban J connectivity index is 1.97. The maximum absolute atomic E-state index is 12.3. The van der Waals surface area contributed by atoms with Crippen LogP contribution in [0.2, 0.25) is 10.2 Å². The van der Waals surface area contributed by atoms with E-state index in [0.29, 0.717) is 22.1 Å². The second-order valence-corrected chi connectivity index (χ2v) is 5.59. The first-order chi connectivity index (χ1) is 11.6. The van der Waals surface area contributed by atoms with Crippen LogP contribution in [0.25, 0.3) is 11.7 Å². The number of nitrogens with one attached hydrogen (secondary N) is 1. The van der Waals surface area contributed by atoms with Crippen LogP contribution in [0.5, 0.6) is 0 Å². The molecule has 7 heteroatoms. The third-order valence-electron chi connectivity index (χ3n) is 3.29. The summed E-state index contributed by atoms with van der Waals surface area (Å²) < 4.78 is 1.70. The lowest BCUT2D eigenvalue weighted by atomic mass is 10.2. The Kier molecular flexibility index (Phi) is 4.52. The van der Waals surface area contributed by atoms with Crippen LogP contribution in [0.4, 0.5) is 5.69 Å². The normalized spacial score (nSPS) is 11.3. The monoisotopic (exact) mass is 356 g/mol. The standard InChI is InChI=1S/C17H10Cl2N4O/c18-12-5-1-2-6-13(12)21-17(24)11(10-20)9-14-16(19)22-15-7-3-4-8-23(14)15/h1-9H,(H,21,24)/b11-9+. The van der Waals surface area contributed by atoms with Crippen LogP contribution in [0.15, 0.2) is 54.2 Å². The Bertz CT molecular complexity index is 1000. The topological polar surface area (TPSA) is 70.2 Å². The van der Waals surface area contributed by atoms with Crippen molar-refractivity contribution in [2.45, 2.75) is 0 Å². The van der Waals surface area contributed by atoms with Gasteiger partial charge in [-0.15, -0.1) is 0 Å². The quantitative estimate of drug-likeness (QED) is 0.565. The number of rotatable bonds is 3. The molecule has 5 nitrogen and oxygen atoms in total. The molecule has 0 aliphatic rings. The number of hydrogen-bond donors (Lipinski definition) is 1. The van der Waals surface area contributed by atoms with Crippen LogP contribution in [0.1, 0.15) is 5.69 Å². The van der Waals surface area contributed by atoms with Gasteiger partial charge in [0.1, 0.15) is 17.3 Å². The molecule has 1 aromatic carbocycles. The van der Waals surface area contributed by atoms with Gasteiger partial charge in [-0.3, -0.25) is 9.20 Å². The lowest BCUT2D eigenvalue weighted by Crippen LogP contribution is -2.13. The van der Waals surface area contributed by atoms with Crippen LogP contribution >= 0.6 is 23.2 Å². The molecule has 3 aromatic rings. The fourth-order valence-electron chi connectivity index (χ4n) is 2.15. The summed E-state index contributed by atoms with van der Waals surface area (Å²) in [7, 11) is 0. The van der Waals surface area contributed by atoms with Crippen LogP contribution in [-0.4, -0.2) is 15.3 Å². The largest absolute Gasteiger partial charge is 0.320 e. The number of hydrogen-bond acceptors (Lipinski definition) is 3. The van der Waals surface area contributed by atoms with Gasteiger partial charge >= 0.3 is 0 Å². The minimum absolute atomic E-state index is 0.109. The highest BCUT2D eigenvalue weighted by molar-refractivity contribution is 6.34. The van der Waals surface area contributed by atoms with E-state index in [9.17, 15) is 10.1 Å². The highest BCUT2D eigenvalue weighted by atomic mass is 35.5. The van der Waals surface area contributed by atoms with Crippen molar-refractivity contribution in [2.75, 3.05) is 5.32 Å². The van der Waals surface area contributed by atoms with Crippen molar-refractivity contribution >= 4 is 46.5 Å². The zero-order valence-corrected chi connectivity index (χ0v) is 13.7. The summed E-state index contributed by atoms with van der Waals surface area (Å²) in [6, 6.07) is 14.1. The molecule has 0 atom stereocenters. The molecule has 2 aromatic heterocycles. The summed E-state index contributed by atoms with van der Waals surface area (Å²) in [6.45, 7) is 0. The molecule has 118 valence electrons. The number of imidazole rings is 1. The molecule has 0 radical (unpaired) electrons. The van der Waals surface area contributed by atoms with Crippen LogP contribution < -0.4 is 5.32 Å². The molecule has 0 aliphatic carbocycles. The number of fused-ring (bicyclic) bond motifs is 1. The number of benzene rings is 1.